The zero-order chi connectivity index (χ0) is 11.6. The van der Waals surface area contributed by atoms with Crippen LogP contribution in [0.15, 0.2) is 12.2 Å². The van der Waals surface area contributed by atoms with Crippen molar-refractivity contribution >= 4 is 5.91 Å². The third-order valence-electron chi connectivity index (χ3n) is 2.30. The van der Waals surface area contributed by atoms with Crippen molar-refractivity contribution in [3.8, 4) is 0 Å². The summed E-state index contributed by atoms with van der Waals surface area (Å²) in [5.41, 5.74) is 0.394. The average molecular weight is 201 g/mol. The van der Waals surface area contributed by atoms with Gasteiger partial charge in [0.25, 0.3) is 11.8 Å². The number of hydrogen-bond acceptors (Lipinski definition) is 2. The molecule has 4 heteroatoms. The number of nitrogens with zero attached hydrogens (tertiary/aromatic N) is 1. The van der Waals surface area contributed by atoms with Crippen molar-refractivity contribution in [3.05, 3.63) is 12.2 Å². The van der Waals surface area contributed by atoms with Crippen LogP contribution in [0.1, 0.15) is 20.3 Å². The molecule has 0 fully saturated rings. The van der Waals surface area contributed by atoms with Crippen molar-refractivity contribution in [2.24, 2.45) is 0 Å². The second-order valence-electron chi connectivity index (χ2n) is 4.42. The van der Waals surface area contributed by atoms with Gasteiger partial charge in [-0.25, -0.2) is 0 Å². The number of amides is 1. The summed E-state index contributed by atoms with van der Waals surface area (Å²) < 4.78 is 0.252. The minimum atomic E-state index is -1.24. The zero-order valence-corrected chi connectivity index (χ0v) is 9.72. The van der Waals surface area contributed by atoms with Gasteiger partial charge in [0.1, 0.15) is 0 Å². The van der Waals surface area contributed by atoms with Crippen LogP contribution in [0.4, 0.5) is 0 Å². The minimum absolute atomic E-state index is 0.252. The summed E-state index contributed by atoms with van der Waals surface area (Å²) >= 11 is 0. The van der Waals surface area contributed by atoms with E-state index < -0.39 is 5.85 Å². The van der Waals surface area contributed by atoms with Crippen molar-refractivity contribution < 1.29 is 14.4 Å². The van der Waals surface area contributed by atoms with E-state index in [0.717, 1.165) is 0 Å². The molecule has 0 spiro atoms. The summed E-state index contributed by atoms with van der Waals surface area (Å²) in [6.07, 6.45) is 0.440. The highest BCUT2D eigenvalue weighted by Gasteiger charge is 2.40. The van der Waals surface area contributed by atoms with Crippen molar-refractivity contribution in [2.45, 2.75) is 26.1 Å². The predicted octanol–water partition coefficient (Wildman–Crippen LogP) is 0.441. The van der Waals surface area contributed by atoms with E-state index in [-0.39, 0.29) is 10.4 Å². The predicted molar refractivity (Wildman–Crippen MR) is 56.2 cm³/mol. The molecule has 1 unspecified atom stereocenters. The number of carbonyl (C=O) groups is 1. The molecule has 4 nitrogen and oxygen atoms in total. The van der Waals surface area contributed by atoms with Crippen molar-refractivity contribution in [2.75, 3.05) is 21.1 Å². The van der Waals surface area contributed by atoms with E-state index in [9.17, 15) is 9.90 Å². The number of hydrogen-bond donors (Lipinski definition) is 2. The molecule has 0 radical (unpaired) electrons. The summed E-state index contributed by atoms with van der Waals surface area (Å²) in [6.45, 7) is 6.96. The Bertz CT molecular complexity index is 243. The van der Waals surface area contributed by atoms with Gasteiger partial charge in [-0.15, -0.1) is 0 Å². The molecule has 0 aliphatic heterocycles. The summed E-state index contributed by atoms with van der Waals surface area (Å²) in [4.78, 5) is 11.4. The highest BCUT2D eigenvalue weighted by atomic mass is 16.3. The van der Waals surface area contributed by atoms with Gasteiger partial charge in [0.05, 0.1) is 21.1 Å². The first kappa shape index (κ1) is 13.1. The van der Waals surface area contributed by atoms with Crippen LogP contribution in [0.25, 0.3) is 0 Å². The summed E-state index contributed by atoms with van der Waals surface area (Å²) in [6, 6.07) is 0. The second kappa shape index (κ2) is 4.11. The minimum Gasteiger partial charge on any atom is -0.325 e. The smallest absolute Gasteiger partial charge is 0.283 e. The van der Waals surface area contributed by atoms with Gasteiger partial charge < -0.3 is 5.11 Å². The number of rotatable bonds is 4. The fraction of sp³-hybridized carbons (Fsp3) is 0.700. The molecular formula is C10H21N2O2+. The Balaban J connectivity index is 4.74. The van der Waals surface area contributed by atoms with Gasteiger partial charge in [0, 0.05) is 12.0 Å². The van der Waals surface area contributed by atoms with Crippen LogP contribution >= 0.6 is 0 Å². The van der Waals surface area contributed by atoms with Crippen LogP contribution in [0.5, 0.6) is 0 Å². The Labute approximate surface area is 85.8 Å². The van der Waals surface area contributed by atoms with Crippen molar-refractivity contribution in [3.63, 3.8) is 0 Å². The monoisotopic (exact) mass is 201 g/mol. The van der Waals surface area contributed by atoms with Gasteiger partial charge in [0.2, 0.25) is 0 Å². The first-order valence-electron chi connectivity index (χ1n) is 4.66. The van der Waals surface area contributed by atoms with Crippen LogP contribution in [-0.4, -0.2) is 42.5 Å². The maximum atomic E-state index is 11.4. The standard InChI is InChI=1S/C10H20N2O2/c1-7-10(14,12(4,5)6)11-9(13)8(2)3/h14H,2,7H2,1,3-6H3/p+1. The van der Waals surface area contributed by atoms with E-state index in [2.05, 4.69) is 11.9 Å². The molecular weight excluding hydrogens is 180 g/mol. The summed E-state index contributed by atoms with van der Waals surface area (Å²) in [7, 11) is 5.46. The number of nitrogens with one attached hydrogen (secondary N) is 1. The van der Waals surface area contributed by atoms with Crippen LogP contribution in [0.3, 0.4) is 0 Å². The number of aliphatic hydroxyl groups is 1. The van der Waals surface area contributed by atoms with Gasteiger partial charge in [-0.2, -0.15) is 0 Å². The van der Waals surface area contributed by atoms with Gasteiger partial charge in [0.15, 0.2) is 0 Å². The molecule has 0 bridgehead atoms. The molecule has 0 aliphatic rings. The van der Waals surface area contributed by atoms with Crippen LogP contribution in [-0.2, 0) is 4.79 Å². The van der Waals surface area contributed by atoms with E-state index in [1.165, 1.54) is 0 Å². The molecule has 1 amide bonds. The number of carbonyl (C=O) groups excluding carboxylic acids is 1. The van der Waals surface area contributed by atoms with E-state index in [1.807, 2.05) is 28.1 Å². The lowest BCUT2D eigenvalue weighted by Crippen LogP contribution is -2.66. The SMILES string of the molecule is C=C(C)C(=O)NC(O)(CC)[N+](C)(C)C. The van der Waals surface area contributed by atoms with E-state index in [4.69, 9.17) is 0 Å². The maximum Gasteiger partial charge on any atom is 0.283 e. The summed E-state index contributed by atoms with van der Waals surface area (Å²) in [5, 5.41) is 12.7. The topological polar surface area (TPSA) is 49.3 Å². The molecule has 0 aromatic heterocycles. The zero-order valence-electron chi connectivity index (χ0n) is 9.72. The molecule has 0 saturated heterocycles. The first-order chi connectivity index (χ1) is 6.14. The molecule has 0 aromatic rings. The molecule has 2 N–H and O–H groups in total. The van der Waals surface area contributed by atoms with Gasteiger partial charge in [-0.05, 0) is 6.92 Å². The lowest BCUT2D eigenvalue weighted by Gasteiger charge is -2.41. The fourth-order valence-electron chi connectivity index (χ4n) is 1.02. The van der Waals surface area contributed by atoms with Gasteiger partial charge in [-0.3, -0.25) is 14.6 Å². The highest BCUT2D eigenvalue weighted by Crippen LogP contribution is 2.16. The third kappa shape index (κ3) is 2.82. The van der Waals surface area contributed by atoms with Crippen LogP contribution in [0, 0.1) is 0 Å². The Morgan fingerprint density at radius 2 is 1.93 bits per heavy atom. The Kier molecular flexibility index (Phi) is 3.85. The average Bonchev–Trinajstić information content (AvgIpc) is 2.01. The Hall–Kier alpha value is -0.870. The summed E-state index contributed by atoms with van der Waals surface area (Å²) in [5.74, 6) is -1.56. The van der Waals surface area contributed by atoms with Crippen LogP contribution < -0.4 is 5.32 Å². The molecule has 0 heterocycles. The van der Waals surface area contributed by atoms with Gasteiger partial charge in [-0.1, -0.05) is 13.5 Å². The highest BCUT2D eigenvalue weighted by molar-refractivity contribution is 5.92. The van der Waals surface area contributed by atoms with E-state index >= 15 is 0 Å². The largest absolute Gasteiger partial charge is 0.325 e. The lowest BCUT2D eigenvalue weighted by molar-refractivity contribution is -0.953. The second-order valence-corrected chi connectivity index (χ2v) is 4.42. The molecule has 0 aliphatic carbocycles. The molecule has 0 saturated carbocycles. The van der Waals surface area contributed by atoms with Crippen LogP contribution in [0.2, 0.25) is 0 Å². The molecule has 0 rings (SSSR count). The van der Waals surface area contributed by atoms with Crippen molar-refractivity contribution in [1.29, 1.82) is 0 Å². The molecule has 1 atom stereocenters. The van der Waals surface area contributed by atoms with E-state index in [1.54, 1.807) is 6.92 Å². The Morgan fingerprint density at radius 3 is 2.14 bits per heavy atom. The van der Waals surface area contributed by atoms with Crippen molar-refractivity contribution in [1.82, 2.24) is 5.32 Å². The third-order valence-corrected chi connectivity index (χ3v) is 2.30. The molecule has 0 aromatic carbocycles. The lowest BCUT2D eigenvalue weighted by atomic mass is 10.2. The molecule has 14 heavy (non-hydrogen) atoms. The number of quaternary nitrogens is 1. The molecule has 82 valence electrons. The maximum absolute atomic E-state index is 11.4. The first-order valence-corrected chi connectivity index (χ1v) is 4.66. The fourth-order valence-corrected chi connectivity index (χ4v) is 1.02. The van der Waals surface area contributed by atoms with E-state index in [0.29, 0.717) is 12.0 Å². The Morgan fingerprint density at radius 1 is 1.50 bits per heavy atom. The van der Waals surface area contributed by atoms with Gasteiger partial charge >= 0.3 is 0 Å². The quantitative estimate of drug-likeness (QED) is 0.394. The normalized spacial score (nSPS) is 15.9.